The lowest BCUT2D eigenvalue weighted by Crippen LogP contribution is -2.20. The summed E-state index contributed by atoms with van der Waals surface area (Å²) in [5.74, 6) is -0.408. The van der Waals surface area contributed by atoms with Crippen LogP contribution in [0.4, 0.5) is 13.2 Å². The normalized spacial score (nSPS) is 22.0. The van der Waals surface area contributed by atoms with Crippen molar-refractivity contribution in [2.45, 2.75) is 25.6 Å². The number of carbonyl (C=O) groups excluding carboxylic acids is 1. The van der Waals surface area contributed by atoms with Crippen LogP contribution in [0.15, 0.2) is 65.7 Å². The molecule has 0 radical (unpaired) electrons. The standard InChI is InChI=1S/C22H17ClF3NO3/c1-21(12-15(21)11-19(23)22(24,25)26)20(28)30-18(13-27)14-6-5-9-17(10-14)29-16-7-3-2-4-8-16/h2-11,15,18H,12H2,1H3. The molecular weight excluding hydrogens is 419 g/mol. The highest BCUT2D eigenvalue weighted by atomic mass is 35.5. The average Bonchev–Trinajstić information content (AvgIpc) is 3.37. The number of esters is 1. The second-order valence-electron chi connectivity index (χ2n) is 7.14. The molecule has 0 aromatic heterocycles. The first-order valence-corrected chi connectivity index (χ1v) is 9.39. The second kappa shape index (κ2) is 8.41. The fraction of sp³-hybridized carbons (Fsp3) is 0.273. The Hall–Kier alpha value is -2.98. The van der Waals surface area contributed by atoms with Crippen molar-refractivity contribution in [2.75, 3.05) is 0 Å². The molecule has 8 heteroatoms. The molecule has 3 unspecified atom stereocenters. The summed E-state index contributed by atoms with van der Waals surface area (Å²) in [6.45, 7) is 1.49. The van der Waals surface area contributed by atoms with Crippen LogP contribution in [-0.4, -0.2) is 12.1 Å². The minimum atomic E-state index is -4.66. The summed E-state index contributed by atoms with van der Waals surface area (Å²) in [5.41, 5.74) is -0.762. The van der Waals surface area contributed by atoms with Gasteiger partial charge in [-0.2, -0.15) is 18.4 Å². The third-order valence-electron chi connectivity index (χ3n) is 4.87. The van der Waals surface area contributed by atoms with Gasteiger partial charge in [0.25, 0.3) is 0 Å². The molecule has 1 aliphatic rings. The van der Waals surface area contributed by atoms with Crippen molar-refractivity contribution in [2.24, 2.45) is 11.3 Å². The van der Waals surface area contributed by atoms with Crippen molar-refractivity contribution in [3.63, 3.8) is 0 Å². The average molecular weight is 436 g/mol. The largest absolute Gasteiger partial charge is 0.457 e. The molecule has 3 atom stereocenters. The summed E-state index contributed by atoms with van der Waals surface area (Å²) in [5, 5.41) is 8.19. The number of halogens is 4. The van der Waals surface area contributed by atoms with Crippen LogP contribution in [0.25, 0.3) is 0 Å². The van der Waals surface area contributed by atoms with E-state index in [9.17, 15) is 23.2 Å². The first kappa shape index (κ1) is 21.7. The summed E-state index contributed by atoms with van der Waals surface area (Å²) >= 11 is 5.25. The quantitative estimate of drug-likeness (QED) is 0.500. The van der Waals surface area contributed by atoms with Gasteiger partial charge in [0.1, 0.15) is 22.6 Å². The molecule has 0 heterocycles. The van der Waals surface area contributed by atoms with Gasteiger partial charge in [0.2, 0.25) is 6.10 Å². The Balaban J connectivity index is 1.70. The van der Waals surface area contributed by atoms with E-state index in [4.69, 9.17) is 21.1 Å². The van der Waals surface area contributed by atoms with E-state index in [0.29, 0.717) is 17.1 Å². The smallest absolute Gasteiger partial charge is 0.426 e. The molecule has 4 nitrogen and oxygen atoms in total. The number of nitriles is 1. The molecule has 156 valence electrons. The maximum atomic E-state index is 12.6. The van der Waals surface area contributed by atoms with Gasteiger partial charge in [0.05, 0.1) is 5.41 Å². The van der Waals surface area contributed by atoms with Gasteiger partial charge in [-0.25, -0.2) is 0 Å². The minimum Gasteiger partial charge on any atom is -0.457 e. The van der Waals surface area contributed by atoms with Gasteiger partial charge >= 0.3 is 12.1 Å². The summed E-state index contributed by atoms with van der Waals surface area (Å²) < 4.78 is 48.8. The van der Waals surface area contributed by atoms with E-state index >= 15 is 0 Å². The highest BCUT2D eigenvalue weighted by molar-refractivity contribution is 6.30. The van der Waals surface area contributed by atoms with E-state index in [0.717, 1.165) is 6.08 Å². The zero-order valence-electron chi connectivity index (χ0n) is 15.8. The van der Waals surface area contributed by atoms with E-state index in [2.05, 4.69) is 0 Å². The third-order valence-corrected chi connectivity index (χ3v) is 5.21. The molecule has 0 N–H and O–H groups in total. The number of carbonyl (C=O) groups is 1. The monoisotopic (exact) mass is 435 g/mol. The molecule has 3 rings (SSSR count). The number of hydrogen-bond acceptors (Lipinski definition) is 4. The summed E-state index contributed by atoms with van der Waals surface area (Å²) in [6, 6.07) is 17.4. The molecule has 1 fully saturated rings. The zero-order chi connectivity index (χ0) is 21.9. The molecule has 1 saturated carbocycles. The van der Waals surface area contributed by atoms with Gasteiger partial charge in [-0.05, 0) is 43.5 Å². The number of allylic oxidation sites excluding steroid dienone is 2. The topological polar surface area (TPSA) is 59.3 Å². The van der Waals surface area contributed by atoms with Gasteiger partial charge in [-0.15, -0.1) is 0 Å². The lowest BCUT2D eigenvalue weighted by molar-refractivity contribution is -0.153. The number of ether oxygens (including phenoxy) is 2. The van der Waals surface area contributed by atoms with Crippen LogP contribution in [0.5, 0.6) is 11.5 Å². The molecule has 0 amide bonds. The Morgan fingerprint density at radius 1 is 1.23 bits per heavy atom. The highest BCUT2D eigenvalue weighted by Crippen LogP contribution is 2.55. The number of benzene rings is 2. The Morgan fingerprint density at radius 3 is 2.53 bits per heavy atom. The van der Waals surface area contributed by atoms with Gasteiger partial charge in [0.15, 0.2) is 0 Å². The molecule has 2 aromatic carbocycles. The fourth-order valence-electron chi connectivity index (χ4n) is 2.92. The predicted octanol–water partition coefficient (Wildman–Crippen LogP) is 6.30. The maximum absolute atomic E-state index is 12.6. The SMILES string of the molecule is CC1(C(=O)OC(C#N)c2cccc(Oc3ccccc3)c2)CC1C=C(Cl)C(F)(F)F. The van der Waals surface area contributed by atoms with Crippen molar-refractivity contribution in [1.29, 1.82) is 5.26 Å². The van der Waals surface area contributed by atoms with Crippen LogP contribution in [0.2, 0.25) is 0 Å². The third kappa shape index (κ3) is 4.95. The summed E-state index contributed by atoms with van der Waals surface area (Å²) in [6.07, 6.45) is -4.91. The first-order chi connectivity index (χ1) is 14.1. The lowest BCUT2D eigenvalue weighted by Gasteiger charge is -2.16. The first-order valence-electron chi connectivity index (χ1n) is 9.01. The van der Waals surface area contributed by atoms with Crippen LogP contribution in [-0.2, 0) is 9.53 Å². The maximum Gasteiger partial charge on any atom is 0.426 e. The van der Waals surface area contributed by atoms with Crippen molar-refractivity contribution in [1.82, 2.24) is 0 Å². The van der Waals surface area contributed by atoms with E-state index in [1.807, 2.05) is 24.3 Å². The Bertz CT molecular complexity index is 1000. The highest BCUT2D eigenvalue weighted by Gasteiger charge is 2.57. The second-order valence-corrected chi connectivity index (χ2v) is 7.55. The fourth-order valence-corrected chi connectivity index (χ4v) is 3.07. The van der Waals surface area contributed by atoms with Crippen LogP contribution < -0.4 is 4.74 Å². The van der Waals surface area contributed by atoms with Gasteiger partial charge in [0, 0.05) is 5.56 Å². The molecule has 30 heavy (non-hydrogen) atoms. The van der Waals surface area contributed by atoms with Crippen molar-refractivity contribution < 1.29 is 27.4 Å². The molecule has 0 aliphatic heterocycles. The zero-order valence-corrected chi connectivity index (χ0v) is 16.6. The van der Waals surface area contributed by atoms with Crippen molar-refractivity contribution in [3.8, 4) is 17.6 Å². The van der Waals surface area contributed by atoms with Crippen LogP contribution in [0.3, 0.4) is 0 Å². The van der Waals surface area contributed by atoms with Gasteiger partial charge in [-0.1, -0.05) is 48.0 Å². The summed E-state index contributed by atoms with van der Waals surface area (Å²) in [4.78, 5) is 12.5. The minimum absolute atomic E-state index is 0.160. The molecule has 1 aliphatic carbocycles. The molecule has 0 bridgehead atoms. The number of alkyl halides is 3. The summed E-state index contributed by atoms with van der Waals surface area (Å²) in [7, 11) is 0. The molecular formula is C22H17ClF3NO3. The number of para-hydroxylation sites is 1. The van der Waals surface area contributed by atoms with E-state index in [1.54, 1.807) is 36.4 Å². The van der Waals surface area contributed by atoms with Crippen molar-refractivity contribution >= 4 is 17.6 Å². The Kier molecular flexibility index (Phi) is 6.09. The number of nitrogens with zero attached hydrogens (tertiary/aromatic N) is 1. The Labute approximate surface area is 176 Å². The van der Waals surface area contributed by atoms with Crippen LogP contribution in [0, 0.1) is 22.7 Å². The Morgan fingerprint density at radius 2 is 1.90 bits per heavy atom. The van der Waals surface area contributed by atoms with E-state index in [-0.39, 0.29) is 6.42 Å². The molecule has 0 saturated heterocycles. The van der Waals surface area contributed by atoms with Crippen molar-refractivity contribution in [3.05, 3.63) is 71.3 Å². The molecule has 2 aromatic rings. The van der Waals surface area contributed by atoms with Crippen LogP contribution in [0.1, 0.15) is 25.0 Å². The lowest BCUT2D eigenvalue weighted by atomic mass is 10.1. The molecule has 0 spiro atoms. The number of rotatable bonds is 6. The van der Waals surface area contributed by atoms with E-state index in [1.165, 1.54) is 6.92 Å². The number of hydrogen-bond donors (Lipinski definition) is 0. The van der Waals surface area contributed by atoms with Crippen LogP contribution >= 0.6 is 11.6 Å². The predicted molar refractivity (Wildman–Crippen MR) is 104 cm³/mol. The van der Waals surface area contributed by atoms with E-state index < -0.39 is 34.6 Å². The van der Waals surface area contributed by atoms with Gasteiger partial charge < -0.3 is 9.47 Å². The van der Waals surface area contributed by atoms with Gasteiger partial charge in [-0.3, -0.25) is 4.79 Å².